The van der Waals surface area contributed by atoms with Gasteiger partial charge in [0.25, 0.3) is 0 Å². The molecule has 0 saturated heterocycles. The molecule has 0 bridgehead atoms. The van der Waals surface area contributed by atoms with Gasteiger partial charge in [-0.1, -0.05) is 400 Å². The van der Waals surface area contributed by atoms with E-state index in [1.54, 1.807) is 0 Å². The second kappa shape index (κ2) is 28.7. The Morgan fingerprint density at radius 1 is 0.155 bits per heavy atom. The van der Waals surface area contributed by atoms with Crippen LogP contribution in [0.1, 0.15) is 44.5 Å². The molecular weight excluding hydrogens is 1340 g/mol. The van der Waals surface area contributed by atoms with Crippen LogP contribution in [-0.2, 0) is 10.8 Å². The Labute approximate surface area is 639 Å². The number of fused-ring (bicyclic) bond motifs is 6. The molecule has 110 heavy (non-hydrogen) atoms. The third kappa shape index (κ3) is 11.9. The molecule has 0 atom stereocenters. The minimum absolute atomic E-state index is 0.625. The van der Waals surface area contributed by atoms with E-state index in [0.717, 1.165) is 123 Å². The maximum absolute atomic E-state index is 5.48. The van der Waals surface area contributed by atoms with Crippen molar-refractivity contribution in [3.63, 3.8) is 0 Å². The first-order chi connectivity index (χ1) is 54.5. The molecule has 0 N–H and O–H groups in total. The summed E-state index contributed by atoms with van der Waals surface area (Å²) < 4.78 is 0. The largest absolute Gasteiger partial charge is 0.228 e. The van der Waals surface area contributed by atoms with Crippen molar-refractivity contribution in [2.45, 2.75) is 10.8 Å². The molecule has 20 rings (SSSR count). The molecule has 0 radical (unpaired) electrons. The summed E-state index contributed by atoms with van der Waals surface area (Å²) in [7, 11) is 0. The van der Waals surface area contributed by atoms with Crippen LogP contribution in [0.2, 0.25) is 0 Å². The van der Waals surface area contributed by atoms with E-state index in [2.05, 4.69) is 322 Å². The number of aromatic nitrogens is 8. The van der Waals surface area contributed by atoms with Crippen molar-refractivity contribution in [2.75, 3.05) is 0 Å². The zero-order valence-corrected chi connectivity index (χ0v) is 59.8. The lowest BCUT2D eigenvalue weighted by Gasteiger charge is -2.34. The minimum Gasteiger partial charge on any atom is -0.228 e. The van der Waals surface area contributed by atoms with Crippen LogP contribution in [-0.4, -0.2) is 39.9 Å². The molecule has 8 nitrogen and oxygen atoms in total. The highest BCUT2D eigenvalue weighted by Crippen LogP contribution is 2.60. The van der Waals surface area contributed by atoms with Crippen molar-refractivity contribution < 1.29 is 0 Å². The molecule has 0 spiro atoms. The van der Waals surface area contributed by atoms with Gasteiger partial charge in [-0.15, -0.1) is 0 Å². The zero-order chi connectivity index (χ0) is 73.2. The third-order valence-electron chi connectivity index (χ3n) is 21.2. The van der Waals surface area contributed by atoms with Crippen molar-refractivity contribution in [3.05, 3.63) is 457 Å². The molecule has 0 fully saturated rings. The van der Waals surface area contributed by atoms with Gasteiger partial charge < -0.3 is 0 Å². The van der Waals surface area contributed by atoms with Crippen LogP contribution in [0.3, 0.4) is 0 Å². The fraction of sp³-hybridized carbons (Fsp3) is 0.0196. The molecule has 0 aliphatic heterocycles. The van der Waals surface area contributed by atoms with Crippen LogP contribution in [0.15, 0.2) is 413 Å². The van der Waals surface area contributed by atoms with Crippen LogP contribution in [0.25, 0.3) is 136 Å². The van der Waals surface area contributed by atoms with Gasteiger partial charge >= 0.3 is 0 Å². The molecule has 8 heteroatoms. The van der Waals surface area contributed by atoms with Gasteiger partial charge in [0.15, 0.2) is 23.3 Å². The second-order valence-corrected chi connectivity index (χ2v) is 27.6. The van der Waals surface area contributed by atoms with Crippen molar-refractivity contribution in [1.82, 2.24) is 39.9 Å². The summed E-state index contributed by atoms with van der Waals surface area (Å²) in [5.41, 5.74) is 27.4. The van der Waals surface area contributed by atoms with E-state index in [9.17, 15) is 0 Å². The standard InChI is InChI=1S/2C51H34N4/c1-6-18-35(19-7-1)44-34-45(36-20-8-2-9-21-36)53-49(52-44)39-32-30-37(31-33-39)47-46-48(55-50(54-47)38-22-10-3-11-23-38)42-28-16-17-29-43(42)51(46,40-24-12-4-13-25-40)41-26-14-5-15-27-41;1-6-18-35(19-7-1)44-34-45(36-20-8-2-9-21-36)53-49(52-44)38-30-32-39(33-31-38)50-54-47(37-22-10-3-11-23-37)46-48(55-50)42-28-16-17-29-43(42)51(46,40-24-12-4-13-25-40)41-26-14-5-15-27-41/h2*1-34H. The van der Waals surface area contributed by atoms with Gasteiger partial charge in [0.2, 0.25) is 0 Å². The first-order valence-electron chi connectivity index (χ1n) is 37.1. The van der Waals surface area contributed by atoms with Crippen LogP contribution < -0.4 is 0 Å². The van der Waals surface area contributed by atoms with Crippen molar-refractivity contribution >= 4 is 0 Å². The number of nitrogens with zero attached hydrogens (tertiary/aromatic N) is 8. The van der Waals surface area contributed by atoms with E-state index < -0.39 is 10.8 Å². The molecule has 0 amide bonds. The molecule has 4 heterocycles. The molecule has 18 aromatic rings. The maximum Gasteiger partial charge on any atom is 0.160 e. The van der Waals surface area contributed by atoms with Gasteiger partial charge in [0.1, 0.15) is 0 Å². The Morgan fingerprint density at radius 2 is 0.355 bits per heavy atom. The Balaban J connectivity index is 0.000000149. The van der Waals surface area contributed by atoms with Crippen molar-refractivity contribution in [2.24, 2.45) is 0 Å². The average Bonchev–Trinajstić information content (AvgIpc) is 1.51. The highest BCUT2D eigenvalue weighted by Gasteiger charge is 2.51. The minimum atomic E-state index is -0.657. The van der Waals surface area contributed by atoms with Gasteiger partial charge in [-0.05, 0) is 45.5 Å². The molecule has 4 aromatic heterocycles. The Bertz CT molecular complexity index is 6120. The normalized spacial score (nSPS) is 12.5. The van der Waals surface area contributed by atoms with Gasteiger partial charge in [0, 0.05) is 77.9 Å². The van der Waals surface area contributed by atoms with Crippen LogP contribution >= 0.6 is 0 Å². The topological polar surface area (TPSA) is 103 Å². The molecular formula is C102H68N8. The van der Waals surface area contributed by atoms with Crippen LogP contribution in [0.4, 0.5) is 0 Å². The first kappa shape index (κ1) is 66.1. The van der Waals surface area contributed by atoms with Gasteiger partial charge in [-0.2, -0.15) is 0 Å². The summed E-state index contributed by atoms with van der Waals surface area (Å²) in [6.45, 7) is 0. The number of hydrogen-bond donors (Lipinski definition) is 0. The lowest BCUT2D eigenvalue weighted by atomic mass is 9.67. The number of rotatable bonds is 14. The van der Waals surface area contributed by atoms with Crippen molar-refractivity contribution in [1.29, 1.82) is 0 Å². The molecule has 14 aromatic carbocycles. The van der Waals surface area contributed by atoms with E-state index in [4.69, 9.17) is 39.9 Å². The lowest BCUT2D eigenvalue weighted by molar-refractivity contribution is 0.763. The number of hydrogen-bond acceptors (Lipinski definition) is 8. The van der Waals surface area contributed by atoms with E-state index >= 15 is 0 Å². The zero-order valence-electron chi connectivity index (χ0n) is 59.8. The van der Waals surface area contributed by atoms with Crippen molar-refractivity contribution in [3.8, 4) is 136 Å². The molecule has 2 aliphatic carbocycles. The highest BCUT2D eigenvalue weighted by molar-refractivity contribution is 5.93. The van der Waals surface area contributed by atoms with Crippen LogP contribution in [0, 0.1) is 0 Å². The number of benzene rings is 14. The third-order valence-corrected chi connectivity index (χ3v) is 21.2. The summed E-state index contributed by atoms with van der Waals surface area (Å²) in [5.74, 6) is 2.69. The molecule has 0 saturated carbocycles. The lowest BCUT2D eigenvalue weighted by Crippen LogP contribution is -2.29. The summed E-state index contributed by atoms with van der Waals surface area (Å²) in [4.78, 5) is 42.2. The van der Waals surface area contributed by atoms with E-state index in [1.165, 1.54) is 33.4 Å². The quantitative estimate of drug-likeness (QED) is 0.106. The molecule has 2 aliphatic rings. The second-order valence-electron chi connectivity index (χ2n) is 27.6. The smallest absolute Gasteiger partial charge is 0.160 e. The summed E-state index contributed by atoms with van der Waals surface area (Å²) in [6.07, 6.45) is 0. The molecule has 0 unspecified atom stereocenters. The Kier molecular flexibility index (Phi) is 17.2. The summed E-state index contributed by atoms with van der Waals surface area (Å²) in [5, 5.41) is 0. The van der Waals surface area contributed by atoms with Gasteiger partial charge in [-0.3, -0.25) is 0 Å². The van der Waals surface area contributed by atoms with Crippen LogP contribution in [0.5, 0.6) is 0 Å². The SMILES string of the molecule is c1ccc(-c2cc(-c3ccccc3)nc(-c3ccc(-c4nc(-c5ccccc5)c5c(n4)-c4ccccc4C5(c4ccccc4)c4ccccc4)cc3)n2)cc1.c1ccc(-c2cc(-c3ccccc3)nc(-c3ccc(-c4nc(-c5ccccc5)nc5c4C(c4ccccc4)(c4ccccc4)c4ccccc4-5)cc3)n2)cc1. The van der Waals surface area contributed by atoms with E-state index in [0.29, 0.717) is 23.3 Å². The summed E-state index contributed by atoms with van der Waals surface area (Å²) in [6, 6.07) is 144. The van der Waals surface area contributed by atoms with Gasteiger partial charge in [0.05, 0.1) is 56.4 Å². The first-order valence-corrected chi connectivity index (χ1v) is 37.1. The predicted octanol–water partition coefficient (Wildman–Crippen LogP) is 23.9. The highest BCUT2D eigenvalue weighted by atomic mass is 14.9. The fourth-order valence-corrected chi connectivity index (χ4v) is 16.2. The fourth-order valence-electron chi connectivity index (χ4n) is 16.2. The summed E-state index contributed by atoms with van der Waals surface area (Å²) >= 11 is 0. The van der Waals surface area contributed by atoms with Gasteiger partial charge in [-0.25, -0.2) is 39.9 Å². The Hall–Kier alpha value is -14.6. The average molecular weight is 1410 g/mol. The van der Waals surface area contributed by atoms with E-state index in [-0.39, 0.29) is 0 Å². The van der Waals surface area contributed by atoms with E-state index in [1.807, 2.05) is 91.0 Å². The monoisotopic (exact) mass is 1400 g/mol. The predicted molar refractivity (Wildman–Crippen MR) is 444 cm³/mol. The molecule has 516 valence electrons. The Morgan fingerprint density at radius 3 is 0.645 bits per heavy atom. The maximum atomic E-state index is 5.48.